The molecular weight excluding hydrogens is 495 g/mol. The zero-order valence-corrected chi connectivity index (χ0v) is 22.0. The Hall–Kier alpha value is -2.76. The van der Waals surface area contributed by atoms with Crippen LogP contribution in [0.3, 0.4) is 0 Å². The molecule has 0 aromatic heterocycles. The molecule has 0 saturated heterocycles. The molecule has 3 aromatic carbocycles. The van der Waals surface area contributed by atoms with Crippen LogP contribution in [0.2, 0.25) is 10.0 Å². The van der Waals surface area contributed by atoms with Crippen molar-refractivity contribution in [3.8, 4) is 5.75 Å². The molecule has 4 rings (SSSR count). The van der Waals surface area contributed by atoms with E-state index in [0.717, 1.165) is 36.5 Å². The number of nitrogens with zero attached hydrogens (tertiary/aromatic N) is 1. The Morgan fingerprint density at radius 1 is 0.972 bits per heavy atom. The number of hydrogen-bond donors (Lipinski definition) is 1. The van der Waals surface area contributed by atoms with Gasteiger partial charge in [0.2, 0.25) is 5.91 Å². The maximum atomic E-state index is 13.6. The molecule has 0 heterocycles. The Kier molecular flexibility index (Phi) is 9.11. The van der Waals surface area contributed by atoms with Crippen LogP contribution in [-0.2, 0) is 16.1 Å². The van der Waals surface area contributed by atoms with Crippen LogP contribution in [0, 0.1) is 0 Å². The number of carbonyl (C=O) groups is 2. The summed E-state index contributed by atoms with van der Waals surface area (Å²) in [6.45, 7) is 1.82. The van der Waals surface area contributed by atoms with Crippen molar-refractivity contribution in [3.63, 3.8) is 0 Å². The predicted molar refractivity (Wildman–Crippen MR) is 146 cm³/mol. The predicted octanol–water partition coefficient (Wildman–Crippen LogP) is 6.78. The second kappa shape index (κ2) is 12.5. The first-order valence-corrected chi connectivity index (χ1v) is 13.4. The number of rotatable bonds is 9. The molecule has 0 bridgehead atoms. The standard InChI is InChI=1S/C29H32Cl2N2O3/c1-2-26(29(35)32-21-12-4-3-5-13-21)33(18-23-24(30)15-9-16-25(23)31)28(34)19-36-27-17-8-11-20-10-6-7-14-22(20)27/h6-11,14-17,21,26H,2-5,12-13,18-19H2,1H3,(H,32,35). The largest absolute Gasteiger partial charge is 0.483 e. The molecule has 0 aliphatic heterocycles. The summed E-state index contributed by atoms with van der Waals surface area (Å²) in [5.41, 5.74) is 0.614. The second-order valence-corrected chi connectivity index (χ2v) is 10.1. The summed E-state index contributed by atoms with van der Waals surface area (Å²) >= 11 is 12.9. The van der Waals surface area contributed by atoms with E-state index in [4.69, 9.17) is 27.9 Å². The van der Waals surface area contributed by atoms with Crippen molar-refractivity contribution in [3.05, 3.63) is 76.3 Å². The molecule has 1 unspecified atom stereocenters. The minimum atomic E-state index is -0.664. The van der Waals surface area contributed by atoms with Gasteiger partial charge in [0.15, 0.2) is 6.61 Å². The number of halogens is 2. The highest BCUT2D eigenvalue weighted by Crippen LogP contribution is 2.28. The molecule has 3 aromatic rings. The van der Waals surface area contributed by atoms with E-state index in [2.05, 4.69) is 5.32 Å². The molecule has 5 nitrogen and oxygen atoms in total. The fraction of sp³-hybridized carbons (Fsp3) is 0.379. The lowest BCUT2D eigenvalue weighted by Gasteiger charge is -2.33. The summed E-state index contributed by atoms with van der Waals surface area (Å²) < 4.78 is 6.00. The number of fused-ring (bicyclic) bond motifs is 1. The van der Waals surface area contributed by atoms with E-state index in [1.54, 1.807) is 23.1 Å². The van der Waals surface area contributed by atoms with Crippen LogP contribution >= 0.6 is 23.2 Å². The van der Waals surface area contributed by atoms with Crippen LogP contribution in [0.25, 0.3) is 10.8 Å². The molecule has 36 heavy (non-hydrogen) atoms. The van der Waals surface area contributed by atoms with E-state index in [-0.39, 0.29) is 31.0 Å². The normalized spacial score (nSPS) is 14.9. The summed E-state index contributed by atoms with van der Waals surface area (Å²) in [5, 5.41) is 6.05. The van der Waals surface area contributed by atoms with Crippen molar-refractivity contribution in [1.82, 2.24) is 10.2 Å². The van der Waals surface area contributed by atoms with Gasteiger partial charge in [0, 0.05) is 33.6 Å². The third kappa shape index (κ3) is 6.32. The number of amides is 2. The first-order valence-electron chi connectivity index (χ1n) is 12.6. The lowest BCUT2D eigenvalue weighted by Crippen LogP contribution is -2.52. The number of carbonyl (C=O) groups excluding carboxylic acids is 2. The van der Waals surface area contributed by atoms with Crippen LogP contribution < -0.4 is 10.1 Å². The molecule has 190 valence electrons. The zero-order chi connectivity index (χ0) is 25.5. The van der Waals surface area contributed by atoms with Gasteiger partial charge < -0.3 is 15.0 Å². The van der Waals surface area contributed by atoms with E-state index < -0.39 is 6.04 Å². The van der Waals surface area contributed by atoms with Crippen LogP contribution in [0.5, 0.6) is 5.75 Å². The molecule has 2 amide bonds. The fourth-order valence-corrected chi connectivity index (χ4v) is 5.38. The Morgan fingerprint density at radius 2 is 1.64 bits per heavy atom. The zero-order valence-electron chi connectivity index (χ0n) is 20.5. The number of hydrogen-bond acceptors (Lipinski definition) is 3. The van der Waals surface area contributed by atoms with Gasteiger partial charge in [-0.1, -0.05) is 91.9 Å². The van der Waals surface area contributed by atoms with Crippen LogP contribution in [0.15, 0.2) is 60.7 Å². The Labute approximate surface area is 222 Å². The Balaban J connectivity index is 1.57. The third-order valence-electron chi connectivity index (χ3n) is 6.83. The second-order valence-electron chi connectivity index (χ2n) is 9.26. The van der Waals surface area contributed by atoms with Crippen molar-refractivity contribution >= 4 is 45.8 Å². The van der Waals surface area contributed by atoms with Crippen molar-refractivity contribution in [2.45, 2.75) is 64.1 Å². The van der Waals surface area contributed by atoms with Gasteiger partial charge in [-0.25, -0.2) is 0 Å². The summed E-state index contributed by atoms with van der Waals surface area (Å²) in [5.74, 6) is 0.174. The monoisotopic (exact) mass is 526 g/mol. The van der Waals surface area contributed by atoms with E-state index in [1.807, 2.05) is 49.4 Å². The first kappa shape index (κ1) is 26.3. The molecule has 1 aliphatic carbocycles. The fourth-order valence-electron chi connectivity index (χ4n) is 4.86. The lowest BCUT2D eigenvalue weighted by molar-refractivity contribution is -0.143. The topological polar surface area (TPSA) is 58.6 Å². The molecular formula is C29H32Cl2N2O3. The van der Waals surface area contributed by atoms with Crippen LogP contribution in [0.1, 0.15) is 51.0 Å². The lowest BCUT2D eigenvalue weighted by atomic mass is 9.95. The number of nitrogens with one attached hydrogen (secondary N) is 1. The van der Waals surface area contributed by atoms with E-state index in [1.165, 1.54) is 6.42 Å². The van der Waals surface area contributed by atoms with Gasteiger partial charge in [0.05, 0.1) is 0 Å². The molecule has 1 N–H and O–H groups in total. The highest BCUT2D eigenvalue weighted by atomic mass is 35.5. The van der Waals surface area contributed by atoms with Gasteiger partial charge in [-0.3, -0.25) is 9.59 Å². The highest BCUT2D eigenvalue weighted by molar-refractivity contribution is 6.36. The average Bonchev–Trinajstić information content (AvgIpc) is 2.89. The smallest absolute Gasteiger partial charge is 0.261 e. The SMILES string of the molecule is CCC(C(=O)NC1CCCCC1)N(Cc1c(Cl)cccc1Cl)C(=O)COc1cccc2ccccc12. The van der Waals surface area contributed by atoms with E-state index >= 15 is 0 Å². The van der Waals surface area contributed by atoms with Crippen molar-refractivity contribution in [2.24, 2.45) is 0 Å². The molecule has 7 heteroatoms. The van der Waals surface area contributed by atoms with Crippen LogP contribution in [0.4, 0.5) is 0 Å². The quantitative estimate of drug-likeness (QED) is 0.334. The summed E-state index contributed by atoms with van der Waals surface area (Å²) in [6.07, 6.45) is 5.82. The summed E-state index contributed by atoms with van der Waals surface area (Å²) in [7, 11) is 0. The van der Waals surface area contributed by atoms with Gasteiger partial charge in [-0.05, 0) is 42.8 Å². The Bertz CT molecular complexity index is 1180. The minimum Gasteiger partial charge on any atom is -0.483 e. The van der Waals surface area contributed by atoms with Gasteiger partial charge >= 0.3 is 0 Å². The molecule has 1 saturated carbocycles. The molecule has 0 radical (unpaired) electrons. The minimum absolute atomic E-state index is 0.118. The van der Waals surface area contributed by atoms with Crippen LogP contribution in [-0.4, -0.2) is 35.4 Å². The maximum absolute atomic E-state index is 13.6. The van der Waals surface area contributed by atoms with Gasteiger partial charge in [0.25, 0.3) is 5.91 Å². The molecule has 1 aliphatic rings. The number of benzene rings is 3. The summed E-state index contributed by atoms with van der Waals surface area (Å²) in [6, 6.07) is 18.3. The van der Waals surface area contributed by atoms with Gasteiger partial charge in [-0.15, -0.1) is 0 Å². The van der Waals surface area contributed by atoms with Crippen molar-refractivity contribution in [1.29, 1.82) is 0 Å². The Morgan fingerprint density at radius 3 is 2.36 bits per heavy atom. The molecule has 1 fully saturated rings. The van der Waals surface area contributed by atoms with Gasteiger partial charge in [0.1, 0.15) is 11.8 Å². The average molecular weight is 527 g/mol. The van der Waals surface area contributed by atoms with Crippen molar-refractivity contribution in [2.75, 3.05) is 6.61 Å². The number of ether oxygens (including phenoxy) is 1. The van der Waals surface area contributed by atoms with Crippen molar-refractivity contribution < 1.29 is 14.3 Å². The summed E-state index contributed by atoms with van der Waals surface area (Å²) in [4.78, 5) is 28.5. The molecule has 1 atom stereocenters. The molecule has 0 spiro atoms. The highest BCUT2D eigenvalue weighted by Gasteiger charge is 2.31. The first-order chi connectivity index (χ1) is 17.5. The van der Waals surface area contributed by atoms with E-state index in [9.17, 15) is 9.59 Å². The van der Waals surface area contributed by atoms with Gasteiger partial charge in [-0.2, -0.15) is 0 Å². The van der Waals surface area contributed by atoms with E-state index in [0.29, 0.717) is 27.8 Å². The third-order valence-corrected chi connectivity index (χ3v) is 7.54. The maximum Gasteiger partial charge on any atom is 0.261 e.